The van der Waals surface area contributed by atoms with Gasteiger partial charge in [-0.3, -0.25) is 4.79 Å². The minimum Gasteiger partial charge on any atom is -0.465 e. The second-order valence-electron chi connectivity index (χ2n) is 6.87. The van der Waals surface area contributed by atoms with Gasteiger partial charge in [-0.1, -0.05) is 6.92 Å². The van der Waals surface area contributed by atoms with Crippen LogP contribution in [0.1, 0.15) is 59.3 Å². The summed E-state index contributed by atoms with van der Waals surface area (Å²) in [5, 5.41) is 3.31. The second-order valence-corrected chi connectivity index (χ2v) is 6.87. The van der Waals surface area contributed by atoms with Crippen LogP contribution in [0.3, 0.4) is 0 Å². The molecule has 1 aliphatic carbocycles. The van der Waals surface area contributed by atoms with E-state index >= 15 is 0 Å². The molecule has 4 heteroatoms. The molecule has 1 saturated carbocycles. The number of fused-ring (bicyclic) bond motifs is 2. The van der Waals surface area contributed by atoms with Gasteiger partial charge >= 0.3 is 5.97 Å². The number of nitrogens with one attached hydrogen (secondary N) is 1. The van der Waals surface area contributed by atoms with Crippen LogP contribution >= 0.6 is 0 Å². The Bertz CT molecular complexity index is 348. The standard InChI is InChI=1S/C17H32N2O2/c1-4-18-17(3,16(20)21-5-2)10-6-7-11-19-13-14-8-9-15(19)12-14/h14-15,18H,4-13H2,1-3H3. The van der Waals surface area contributed by atoms with E-state index in [1.165, 1.54) is 38.8 Å². The van der Waals surface area contributed by atoms with Gasteiger partial charge in [0.2, 0.25) is 0 Å². The van der Waals surface area contributed by atoms with E-state index in [1.807, 2.05) is 20.8 Å². The zero-order valence-corrected chi connectivity index (χ0v) is 14.0. The average molecular weight is 296 g/mol. The largest absolute Gasteiger partial charge is 0.465 e. The van der Waals surface area contributed by atoms with Crippen LogP contribution in [-0.2, 0) is 9.53 Å². The van der Waals surface area contributed by atoms with Gasteiger partial charge in [0.05, 0.1) is 6.61 Å². The maximum Gasteiger partial charge on any atom is 0.326 e. The molecule has 3 atom stereocenters. The molecule has 1 heterocycles. The Kier molecular flexibility index (Phi) is 6.06. The Balaban J connectivity index is 1.70. The molecule has 2 rings (SSSR count). The molecule has 0 aromatic rings. The topological polar surface area (TPSA) is 41.6 Å². The van der Waals surface area contributed by atoms with Gasteiger partial charge in [-0.2, -0.15) is 0 Å². The Morgan fingerprint density at radius 1 is 1.33 bits per heavy atom. The number of unbranched alkanes of at least 4 members (excludes halogenated alkanes) is 1. The Labute approximate surface area is 129 Å². The van der Waals surface area contributed by atoms with Gasteiger partial charge in [-0.25, -0.2) is 0 Å². The van der Waals surface area contributed by atoms with Crippen LogP contribution in [0.4, 0.5) is 0 Å². The number of nitrogens with zero attached hydrogens (tertiary/aromatic N) is 1. The minimum absolute atomic E-state index is 0.105. The maximum absolute atomic E-state index is 12.1. The molecule has 2 fully saturated rings. The smallest absolute Gasteiger partial charge is 0.326 e. The van der Waals surface area contributed by atoms with Crippen LogP contribution in [0.25, 0.3) is 0 Å². The van der Waals surface area contributed by atoms with E-state index < -0.39 is 5.54 Å². The maximum atomic E-state index is 12.1. The predicted molar refractivity (Wildman–Crippen MR) is 85.3 cm³/mol. The molecule has 1 N–H and O–H groups in total. The highest BCUT2D eigenvalue weighted by Crippen LogP contribution is 2.37. The number of piperidine rings is 1. The van der Waals surface area contributed by atoms with Crippen molar-refractivity contribution in [2.75, 3.05) is 26.2 Å². The minimum atomic E-state index is -0.519. The van der Waals surface area contributed by atoms with E-state index in [4.69, 9.17) is 4.74 Å². The molecule has 3 unspecified atom stereocenters. The number of ether oxygens (including phenoxy) is 1. The third-order valence-electron chi connectivity index (χ3n) is 5.19. The number of esters is 1. The molecule has 2 bridgehead atoms. The van der Waals surface area contributed by atoms with Crippen LogP contribution in [0, 0.1) is 5.92 Å². The van der Waals surface area contributed by atoms with Gasteiger partial charge in [-0.05, 0) is 71.4 Å². The second kappa shape index (κ2) is 7.59. The zero-order valence-electron chi connectivity index (χ0n) is 14.0. The fraction of sp³-hybridized carbons (Fsp3) is 0.941. The third kappa shape index (κ3) is 4.19. The van der Waals surface area contributed by atoms with Crippen molar-refractivity contribution in [3.63, 3.8) is 0 Å². The highest BCUT2D eigenvalue weighted by Gasteiger charge is 2.37. The van der Waals surface area contributed by atoms with E-state index in [2.05, 4.69) is 10.2 Å². The molecule has 0 aromatic heterocycles. The van der Waals surface area contributed by atoms with Crippen molar-refractivity contribution in [2.45, 2.75) is 70.9 Å². The Hall–Kier alpha value is -0.610. The molecule has 122 valence electrons. The van der Waals surface area contributed by atoms with E-state index in [-0.39, 0.29) is 5.97 Å². The van der Waals surface area contributed by atoms with Crippen LogP contribution < -0.4 is 5.32 Å². The summed E-state index contributed by atoms with van der Waals surface area (Å²) in [6, 6.07) is 0.861. The van der Waals surface area contributed by atoms with Gasteiger partial charge in [-0.15, -0.1) is 0 Å². The fourth-order valence-electron chi connectivity index (χ4n) is 4.04. The average Bonchev–Trinajstić information content (AvgIpc) is 3.07. The normalized spacial score (nSPS) is 27.8. The summed E-state index contributed by atoms with van der Waals surface area (Å²) in [6.45, 7) is 9.65. The van der Waals surface area contributed by atoms with Gasteiger partial charge in [0, 0.05) is 12.6 Å². The molecular formula is C17H32N2O2. The summed E-state index contributed by atoms with van der Waals surface area (Å²) in [5.74, 6) is 0.869. The van der Waals surface area contributed by atoms with Gasteiger partial charge in [0.1, 0.15) is 5.54 Å². The summed E-state index contributed by atoms with van der Waals surface area (Å²) >= 11 is 0. The quantitative estimate of drug-likeness (QED) is 0.524. The lowest BCUT2D eigenvalue weighted by Crippen LogP contribution is -2.50. The monoisotopic (exact) mass is 296 g/mol. The van der Waals surface area contributed by atoms with E-state index in [1.54, 1.807) is 0 Å². The van der Waals surface area contributed by atoms with Crippen molar-refractivity contribution in [2.24, 2.45) is 5.92 Å². The van der Waals surface area contributed by atoms with Gasteiger partial charge in [0.25, 0.3) is 0 Å². The number of likely N-dealkylation sites (N-methyl/N-ethyl adjacent to an activating group) is 1. The lowest BCUT2D eigenvalue weighted by Gasteiger charge is -2.29. The molecule has 21 heavy (non-hydrogen) atoms. The van der Waals surface area contributed by atoms with Gasteiger partial charge < -0.3 is 15.0 Å². The van der Waals surface area contributed by atoms with E-state index in [9.17, 15) is 4.79 Å². The number of carbonyl (C=O) groups excluding carboxylic acids is 1. The van der Waals surface area contributed by atoms with Crippen LogP contribution in [0.2, 0.25) is 0 Å². The van der Waals surface area contributed by atoms with Gasteiger partial charge in [0.15, 0.2) is 0 Å². The fourth-order valence-corrected chi connectivity index (χ4v) is 4.04. The molecular weight excluding hydrogens is 264 g/mol. The van der Waals surface area contributed by atoms with Crippen LogP contribution in [-0.4, -0.2) is 48.7 Å². The lowest BCUT2D eigenvalue weighted by molar-refractivity contribution is -0.150. The Morgan fingerprint density at radius 2 is 2.14 bits per heavy atom. The molecule has 0 aromatic carbocycles. The molecule has 1 saturated heterocycles. The highest BCUT2D eigenvalue weighted by molar-refractivity contribution is 5.80. The molecule has 2 aliphatic rings. The van der Waals surface area contributed by atoms with Crippen molar-refractivity contribution < 1.29 is 9.53 Å². The molecule has 0 radical (unpaired) electrons. The summed E-state index contributed by atoms with van der Waals surface area (Å²) in [4.78, 5) is 14.8. The van der Waals surface area contributed by atoms with Crippen molar-refractivity contribution in [3.05, 3.63) is 0 Å². The molecule has 4 nitrogen and oxygen atoms in total. The first-order valence-electron chi connectivity index (χ1n) is 8.75. The van der Waals surface area contributed by atoms with Crippen molar-refractivity contribution in [1.29, 1.82) is 0 Å². The zero-order chi connectivity index (χ0) is 15.3. The first-order chi connectivity index (χ1) is 10.1. The van der Waals surface area contributed by atoms with Crippen LogP contribution in [0.5, 0.6) is 0 Å². The van der Waals surface area contributed by atoms with E-state index in [0.717, 1.165) is 31.3 Å². The van der Waals surface area contributed by atoms with Crippen molar-refractivity contribution >= 4 is 5.97 Å². The Morgan fingerprint density at radius 3 is 2.71 bits per heavy atom. The van der Waals surface area contributed by atoms with Crippen molar-refractivity contribution in [1.82, 2.24) is 10.2 Å². The SMILES string of the molecule is CCNC(C)(CCCCN1CC2CCC1C2)C(=O)OCC. The molecule has 1 aliphatic heterocycles. The number of likely N-dealkylation sites (tertiary alicyclic amines) is 1. The number of hydrogen-bond acceptors (Lipinski definition) is 4. The highest BCUT2D eigenvalue weighted by atomic mass is 16.5. The number of rotatable bonds is 9. The number of hydrogen-bond donors (Lipinski definition) is 1. The lowest BCUT2D eigenvalue weighted by atomic mass is 9.94. The number of carbonyl (C=O) groups is 1. The predicted octanol–water partition coefficient (Wildman–Crippen LogP) is 2.57. The first kappa shape index (κ1) is 16.8. The molecule has 0 spiro atoms. The summed E-state index contributed by atoms with van der Waals surface area (Å²) in [6.07, 6.45) is 7.41. The van der Waals surface area contributed by atoms with E-state index in [0.29, 0.717) is 6.61 Å². The first-order valence-corrected chi connectivity index (χ1v) is 8.75. The molecule has 0 amide bonds. The summed E-state index contributed by atoms with van der Waals surface area (Å²) in [5.41, 5.74) is -0.519. The third-order valence-corrected chi connectivity index (χ3v) is 5.19. The van der Waals surface area contributed by atoms with Crippen molar-refractivity contribution in [3.8, 4) is 0 Å². The summed E-state index contributed by atoms with van der Waals surface area (Å²) in [7, 11) is 0. The summed E-state index contributed by atoms with van der Waals surface area (Å²) < 4.78 is 5.22. The van der Waals surface area contributed by atoms with Crippen LogP contribution in [0.15, 0.2) is 0 Å².